The number of rotatable bonds is 4. The van der Waals surface area contributed by atoms with Crippen LogP contribution in [0.15, 0.2) is 54.2 Å². The molecule has 1 fully saturated rings. The van der Waals surface area contributed by atoms with Crippen molar-refractivity contribution in [3.8, 4) is 16.9 Å². The largest absolute Gasteiger partial charge is 0.495 e. The second-order valence-corrected chi connectivity index (χ2v) is 8.44. The lowest BCUT2D eigenvalue weighted by molar-refractivity contribution is 0.208. The molecule has 10 heteroatoms. The molecule has 0 spiro atoms. The summed E-state index contributed by atoms with van der Waals surface area (Å²) >= 11 is 1.54. The summed E-state index contributed by atoms with van der Waals surface area (Å²) in [7, 11) is 1.59. The van der Waals surface area contributed by atoms with E-state index in [1.54, 1.807) is 18.2 Å². The maximum absolute atomic E-state index is 12.8. The van der Waals surface area contributed by atoms with Crippen molar-refractivity contribution in [2.24, 2.45) is 0 Å². The highest BCUT2D eigenvalue weighted by Crippen LogP contribution is 2.38. The van der Waals surface area contributed by atoms with E-state index in [0.717, 1.165) is 27.2 Å². The molecule has 5 rings (SSSR count). The number of amides is 2. The van der Waals surface area contributed by atoms with Crippen molar-refractivity contribution < 1.29 is 9.53 Å². The summed E-state index contributed by atoms with van der Waals surface area (Å²) in [5.74, 6) is 1.67. The molecule has 1 aliphatic heterocycles. The van der Waals surface area contributed by atoms with E-state index < -0.39 is 0 Å². The van der Waals surface area contributed by atoms with E-state index in [4.69, 9.17) is 10.5 Å². The molecule has 0 bridgehead atoms. The lowest BCUT2D eigenvalue weighted by Crippen LogP contribution is -2.50. The number of nitrogens with zero attached hydrogens (tertiary/aromatic N) is 5. The van der Waals surface area contributed by atoms with Crippen LogP contribution < -0.4 is 20.7 Å². The van der Waals surface area contributed by atoms with Gasteiger partial charge in [-0.15, -0.1) is 11.3 Å². The predicted molar refractivity (Wildman–Crippen MR) is 131 cm³/mol. The Morgan fingerprint density at radius 3 is 2.70 bits per heavy atom. The van der Waals surface area contributed by atoms with Crippen molar-refractivity contribution in [2.45, 2.75) is 0 Å². The molecule has 0 unspecified atom stereocenters. The number of ether oxygens (including phenoxy) is 1. The predicted octanol–water partition coefficient (Wildman–Crippen LogP) is 3.70. The fraction of sp³-hybridized carbons (Fsp3) is 0.217. The summed E-state index contributed by atoms with van der Waals surface area (Å²) in [4.78, 5) is 30.9. The number of methoxy groups -OCH3 is 1. The number of nitrogens with two attached hydrogens (primary N) is 1. The van der Waals surface area contributed by atoms with Crippen LogP contribution in [0.5, 0.6) is 5.75 Å². The number of nitrogen functional groups attached to an aromatic ring is 1. The number of benzene rings is 1. The lowest BCUT2D eigenvalue weighted by Gasteiger charge is -2.35. The number of piperazine rings is 1. The molecule has 9 nitrogen and oxygen atoms in total. The number of pyridine rings is 1. The Bertz CT molecular complexity index is 1290. The summed E-state index contributed by atoms with van der Waals surface area (Å²) in [5, 5.41) is 5.98. The van der Waals surface area contributed by atoms with E-state index >= 15 is 0 Å². The third kappa shape index (κ3) is 4.12. The Morgan fingerprint density at radius 2 is 1.94 bits per heavy atom. The average Bonchev–Trinajstić information content (AvgIpc) is 3.28. The minimum Gasteiger partial charge on any atom is -0.495 e. The molecule has 0 aliphatic carbocycles. The third-order valence-corrected chi connectivity index (χ3v) is 6.49. The Hall–Kier alpha value is -3.92. The number of carbonyl (C=O) groups excluding carboxylic acids is 1. The van der Waals surface area contributed by atoms with Crippen LogP contribution in [0.25, 0.3) is 21.3 Å². The van der Waals surface area contributed by atoms with Gasteiger partial charge in [0.1, 0.15) is 16.4 Å². The lowest BCUT2D eigenvalue weighted by atomic mass is 10.1. The smallest absolute Gasteiger partial charge is 0.322 e. The number of aromatic nitrogens is 3. The first-order valence-corrected chi connectivity index (χ1v) is 11.4. The quantitative estimate of drug-likeness (QED) is 0.477. The summed E-state index contributed by atoms with van der Waals surface area (Å²) in [6.07, 6.45) is 3.59. The van der Waals surface area contributed by atoms with E-state index in [2.05, 4.69) is 30.5 Å². The van der Waals surface area contributed by atoms with Gasteiger partial charge in [-0.25, -0.2) is 9.78 Å². The van der Waals surface area contributed by atoms with Gasteiger partial charge in [0.25, 0.3) is 0 Å². The highest BCUT2D eigenvalue weighted by atomic mass is 32.1. The third-order valence-electron chi connectivity index (χ3n) is 5.62. The summed E-state index contributed by atoms with van der Waals surface area (Å²) < 4.78 is 5.33. The molecule has 168 valence electrons. The van der Waals surface area contributed by atoms with E-state index in [9.17, 15) is 4.79 Å². The van der Waals surface area contributed by atoms with Crippen molar-refractivity contribution in [1.82, 2.24) is 19.9 Å². The van der Waals surface area contributed by atoms with Crippen molar-refractivity contribution in [3.05, 3.63) is 54.2 Å². The van der Waals surface area contributed by atoms with Gasteiger partial charge in [-0.1, -0.05) is 18.2 Å². The fourth-order valence-electron chi connectivity index (χ4n) is 3.97. The number of hydrogen-bond donors (Lipinski definition) is 2. The molecular weight excluding hydrogens is 438 g/mol. The number of hydrogen-bond acceptors (Lipinski definition) is 8. The molecule has 2 amide bonds. The van der Waals surface area contributed by atoms with E-state index in [1.807, 2.05) is 42.6 Å². The van der Waals surface area contributed by atoms with Gasteiger partial charge in [-0.05, 0) is 18.2 Å². The number of thiophene rings is 1. The van der Waals surface area contributed by atoms with E-state index in [0.29, 0.717) is 37.6 Å². The number of para-hydroxylation sites is 2. The Balaban J connectivity index is 1.36. The molecule has 0 radical (unpaired) electrons. The molecule has 4 aromatic rings. The van der Waals surface area contributed by atoms with Gasteiger partial charge in [0.2, 0.25) is 5.95 Å². The van der Waals surface area contributed by atoms with Crippen LogP contribution in [0.2, 0.25) is 0 Å². The summed E-state index contributed by atoms with van der Waals surface area (Å²) in [6.45, 7) is 2.37. The molecule has 0 atom stereocenters. The maximum atomic E-state index is 12.8. The molecule has 1 aromatic carbocycles. The number of carbonyl (C=O) groups is 1. The van der Waals surface area contributed by atoms with Crippen LogP contribution >= 0.6 is 11.3 Å². The Morgan fingerprint density at radius 1 is 1.12 bits per heavy atom. The van der Waals surface area contributed by atoms with Crippen LogP contribution in [-0.2, 0) is 0 Å². The monoisotopic (exact) mass is 461 g/mol. The Kier molecular flexibility index (Phi) is 5.66. The van der Waals surface area contributed by atoms with E-state index in [1.165, 1.54) is 11.3 Å². The van der Waals surface area contributed by atoms with Gasteiger partial charge in [0.15, 0.2) is 0 Å². The zero-order valence-electron chi connectivity index (χ0n) is 18.1. The summed E-state index contributed by atoms with van der Waals surface area (Å²) in [5.41, 5.74) is 8.72. The number of urea groups is 1. The number of fused-ring (bicyclic) bond motifs is 1. The Labute approximate surface area is 194 Å². The fourth-order valence-corrected chi connectivity index (χ4v) is 4.92. The standard InChI is InChI=1S/C23H23N7O2S/c1-32-18-7-3-2-6-17(18)26-23(31)30-11-9-29(10-12-30)20-19-16(15-5-4-8-25-13-15)14-33-21(19)28-22(24)27-20/h2-8,13-14H,9-12H2,1H3,(H,26,31)(H2,24,27,28). The van der Waals surface area contributed by atoms with Gasteiger partial charge >= 0.3 is 6.03 Å². The van der Waals surface area contributed by atoms with Crippen LogP contribution in [0.1, 0.15) is 0 Å². The van der Waals surface area contributed by atoms with Crippen molar-refractivity contribution in [1.29, 1.82) is 0 Å². The first kappa shape index (κ1) is 21.0. The van der Waals surface area contributed by atoms with Crippen molar-refractivity contribution in [2.75, 3.05) is 49.2 Å². The normalized spacial score (nSPS) is 13.8. The molecule has 3 aromatic heterocycles. The number of nitrogens with one attached hydrogen (secondary N) is 1. The molecule has 3 N–H and O–H groups in total. The van der Waals surface area contributed by atoms with Crippen molar-refractivity contribution in [3.63, 3.8) is 0 Å². The van der Waals surface area contributed by atoms with Crippen LogP contribution in [-0.4, -0.2) is 59.2 Å². The highest BCUT2D eigenvalue weighted by molar-refractivity contribution is 7.17. The molecule has 1 aliphatic rings. The van der Waals surface area contributed by atoms with Crippen LogP contribution in [0, 0.1) is 0 Å². The second kappa shape index (κ2) is 8.91. The molecular formula is C23H23N7O2S. The minimum atomic E-state index is -0.155. The topological polar surface area (TPSA) is 110 Å². The zero-order chi connectivity index (χ0) is 22.8. The van der Waals surface area contributed by atoms with Gasteiger partial charge in [0.05, 0.1) is 18.2 Å². The van der Waals surface area contributed by atoms with Crippen molar-refractivity contribution >= 4 is 45.0 Å². The van der Waals surface area contributed by atoms with Gasteiger partial charge < -0.3 is 25.6 Å². The molecule has 33 heavy (non-hydrogen) atoms. The molecule has 0 saturated carbocycles. The van der Waals surface area contributed by atoms with Gasteiger partial charge in [-0.2, -0.15) is 4.98 Å². The highest BCUT2D eigenvalue weighted by Gasteiger charge is 2.26. The molecule has 4 heterocycles. The van der Waals surface area contributed by atoms with Gasteiger partial charge in [-0.3, -0.25) is 4.98 Å². The zero-order valence-corrected chi connectivity index (χ0v) is 18.9. The minimum absolute atomic E-state index is 0.155. The SMILES string of the molecule is COc1ccccc1NC(=O)N1CCN(c2nc(N)nc3scc(-c4cccnc4)c23)CC1. The van der Waals surface area contributed by atoms with E-state index in [-0.39, 0.29) is 12.0 Å². The second-order valence-electron chi connectivity index (χ2n) is 7.58. The first-order chi connectivity index (χ1) is 16.1. The maximum Gasteiger partial charge on any atom is 0.322 e. The van der Waals surface area contributed by atoms with Crippen LogP contribution in [0.3, 0.4) is 0 Å². The van der Waals surface area contributed by atoms with Gasteiger partial charge in [0, 0.05) is 55.1 Å². The average molecular weight is 462 g/mol. The number of anilines is 3. The summed E-state index contributed by atoms with van der Waals surface area (Å²) in [6, 6.07) is 11.2. The first-order valence-electron chi connectivity index (χ1n) is 10.5. The van der Waals surface area contributed by atoms with Crippen LogP contribution in [0.4, 0.5) is 22.2 Å². The molecule has 1 saturated heterocycles.